The molecule has 0 amide bonds. The van der Waals surface area contributed by atoms with Gasteiger partial charge in [0.05, 0.1) is 18.6 Å². The number of hydrogen-bond acceptors (Lipinski definition) is 6. The average Bonchev–Trinajstić information content (AvgIpc) is 2.81. The fourth-order valence-corrected chi connectivity index (χ4v) is 2.42. The van der Waals surface area contributed by atoms with Crippen molar-refractivity contribution in [1.82, 2.24) is 4.98 Å². The first-order valence-corrected chi connectivity index (χ1v) is 6.46. The Hall–Kier alpha value is -2.15. The van der Waals surface area contributed by atoms with Crippen molar-refractivity contribution in [3.63, 3.8) is 0 Å². The molecule has 0 atom stereocenters. The molecule has 0 aliphatic rings. The third-order valence-corrected chi connectivity index (χ3v) is 3.66. The lowest BCUT2D eigenvalue weighted by Crippen LogP contribution is -2.05. The predicted molar refractivity (Wildman–Crippen MR) is 73.8 cm³/mol. The van der Waals surface area contributed by atoms with E-state index in [9.17, 15) is 10.1 Å². The van der Waals surface area contributed by atoms with E-state index >= 15 is 0 Å². The van der Waals surface area contributed by atoms with Crippen LogP contribution in [0.1, 0.15) is 10.4 Å². The summed E-state index contributed by atoms with van der Waals surface area (Å²) < 4.78 is 4.98. The van der Waals surface area contributed by atoms with Crippen LogP contribution in [-0.4, -0.2) is 17.0 Å². The molecule has 0 spiro atoms. The van der Waals surface area contributed by atoms with Crippen molar-refractivity contribution < 1.29 is 9.66 Å². The minimum atomic E-state index is -0.462. The molecule has 0 aliphatic carbocycles. The summed E-state index contributed by atoms with van der Waals surface area (Å²) in [7, 11) is 1.47. The number of anilines is 1. The number of nitrogens with one attached hydrogen (secondary N) is 1. The quantitative estimate of drug-likeness (QED) is 0.672. The van der Waals surface area contributed by atoms with Crippen LogP contribution in [0, 0.1) is 17.0 Å². The molecule has 7 heteroatoms. The zero-order valence-corrected chi connectivity index (χ0v) is 11.4. The fourth-order valence-electron chi connectivity index (χ4n) is 1.57. The number of aromatic nitrogens is 1. The van der Waals surface area contributed by atoms with E-state index < -0.39 is 4.92 Å². The van der Waals surface area contributed by atoms with Crippen LogP contribution in [0.4, 0.5) is 11.5 Å². The minimum absolute atomic E-state index is 0.0602. The fraction of sp³-hybridized carbons (Fsp3) is 0.250. The Morgan fingerprint density at radius 3 is 2.84 bits per heavy atom. The number of ether oxygens (including phenoxy) is 1. The molecule has 100 valence electrons. The second-order valence-corrected chi connectivity index (χ2v) is 4.86. The van der Waals surface area contributed by atoms with E-state index in [1.807, 2.05) is 18.4 Å². The molecular formula is C12H13N3O3S. The molecule has 0 radical (unpaired) electrons. The average molecular weight is 279 g/mol. The standard InChI is InChI=1S/C12H13N3O3S/c1-8-5-6-19-10(8)7-13-12-9(15(16)17)3-4-11(14-12)18-2/h3-6H,7H2,1-2H3,(H,13,14). The molecule has 0 aromatic carbocycles. The number of nitro groups is 1. The van der Waals surface area contributed by atoms with E-state index in [0.717, 1.165) is 10.4 Å². The second-order valence-electron chi connectivity index (χ2n) is 3.86. The number of methoxy groups -OCH3 is 1. The van der Waals surface area contributed by atoms with Crippen molar-refractivity contribution in [2.75, 3.05) is 12.4 Å². The molecule has 0 saturated carbocycles. The smallest absolute Gasteiger partial charge is 0.311 e. The van der Waals surface area contributed by atoms with E-state index in [2.05, 4.69) is 10.3 Å². The highest BCUT2D eigenvalue weighted by Crippen LogP contribution is 2.26. The number of pyridine rings is 1. The Kier molecular flexibility index (Phi) is 3.96. The lowest BCUT2D eigenvalue weighted by Gasteiger charge is -2.07. The first-order valence-electron chi connectivity index (χ1n) is 5.58. The van der Waals surface area contributed by atoms with Gasteiger partial charge in [-0.15, -0.1) is 11.3 Å². The van der Waals surface area contributed by atoms with Gasteiger partial charge >= 0.3 is 5.69 Å². The van der Waals surface area contributed by atoms with Gasteiger partial charge in [-0.25, -0.2) is 0 Å². The predicted octanol–water partition coefficient (Wildman–Crippen LogP) is 2.98. The molecule has 0 aliphatic heterocycles. The Balaban J connectivity index is 2.22. The summed E-state index contributed by atoms with van der Waals surface area (Å²) in [6, 6.07) is 4.87. The van der Waals surface area contributed by atoms with Gasteiger partial charge in [0.15, 0.2) is 0 Å². The van der Waals surface area contributed by atoms with E-state index in [4.69, 9.17) is 4.74 Å². The lowest BCUT2D eigenvalue weighted by molar-refractivity contribution is -0.384. The largest absolute Gasteiger partial charge is 0.481 e. The van der Waals surface area contributed by atoms with Crippen molar-refractivity contribution in [1.29, 1.82) is 0 Å². The third kappa shape index (κ3) is 3.00. The maximum atomic E-state index is 10.9. The highest BCUT2D eigenvalue weighted by Gasteiger charge is 2.16. The van der Waals surface area contributed by atoms with Crippen LogP contribution in [0.5, 0.6) is 5.88 Å². The van der Waals surface area contributed by atoms with Crippen molar-refractivity contribution in [2.24, 2.45) is 0 Å². The minimum Gasteiger partial charge on any atom is -0.481 e. The highest BCUT2D eigenvalue weighted by molar-refractivity contribution is 7.10. The zero-order valence-electron chi connectivity index (χ0n) is 10.5. The zero-order chi connectivity index (χ0) is 13.8. The summed E-state index contributed by atoms with van der Waals surface area (Å²) in [5.41, 5.74) is 1.10. The summed E-state index contributed by atoms with van der Waals surface area (Å²) >= 11 is 1.60. The van der Waals surface area contributed by atoms with Gasteiger partial charge in [0.2, 0.25) is 11.7 Å². The molecule has 2 heterocycles. The first kappa shape index (κ1) is 13.3. The number of rotatable bonds is 5. The van der Waals surface area contributed by atoms with Gasteiger partial charge in [-0.2, -0.15) is 4.98 Å². The number of nitrogens with zero attached hydrogens (tertiary/aromatic N) is 2. The molecule has 2 aromatic heterocycles. The van der Waals surface area contributed by atoms with Crippen LogP contribution in [-0.2, 0) is 6.54 Å². The Morgan fingerprint density at radius 2 is 2.26 bits per heavy atom. The van der Waals surface area contributed by atoms with Crippen LogP contribution >= 0.6 is 11.3 Å². The Bertz CT molecular complexity index is 598. The normalized spacial score (nSPS) is 10.2. The number of aryl methyl sites for hydroxylation is 1. The second kappa shape index (κ2) is 5.66. The highest BCUT2D eigenvalue weighted by atomic mass is 32.1. The van der Waals surface area contributed by atoms with Gasteiger partial charge in [-0.3, -0.25) is 10.1 Å². The monoisotopic (exact) mass is 279 g/mol. The van der Waals surface area contributed by atoms with Crippen molar-refractivity contribution >= 4 is 22.8 Å². The molecule has 0 unspecified atom stereocenters. The summed E-state index contributed by atoms with van der Waals surface area (Å²) in [6.45, 7) is 2.51. The summed E-state index contributed by atoms with van der Waals surface area (Å²) in [6.07, 6.45) is 0. The SMILES string of the molecule is COc1ccc([N+](=O)[O-])c(NCc2sccc2C)n1. The molecule has 1 N–H and O–H groups in total. The summed E-state index contributed by atoms with van der Waals surface area (Å²) in [5, 5.41) is 15.9. The van der Waals surface area contributed by atoms with Crippen LogP contribution in [0.25, 0.3) is 0 Å². The number of thiophene rings is 1. The van der Waals surface area contributed by atoms with Crippen LogP contribution in [0.2, 0.25) is 0 Å². The topological polar surface area (TPSA) is 77.3 Å². The van der Waals surface area contributed by atoms with Gasteiger partial charge in [-0.05, 0) is 23.9 Å². The maximum Gasteiger partial charge on any atom is 0.311 e. The van der Waals surface area contributed by atoms with Crippen LogP contribution in [0.15, 0.2) is 23.6 Å². The Morgan fingerprint density at radius 1 is 1.47 bits per heavy atom. The third-order valence-electron chi connectivity index (χ3n) is 2.64. The van der Waals surface area contributed by atoms with Gasteiger partial charge in [0.1, 0.15) is 0 Å². The van der Waals surface area contributed by atoms with Gasteiger partial charge in [-0.1, -0.05) is 0 Å². The van der Waals surface area contributed by atoms with Crippen LogP contribution < -0.4 is 10.1 Å². The first-order chi connectivity index (χ1) is 9.11. The van der Waals surface area contributed by atoms with E-state index in [-0.39, 0.29) is 11.5 Å². The molecule has 6 nitrogen and oxygen atoms in total. The molecule has 0 fully saturated rings. The van der Waals surface area contributed by atoms with Crippen molar-refractivity contribution in [2.45, 2.75) is 13.5 Å². The van der Waals surface area contributed by atoms with E-state index in [1.165, 1.54) is 19.2 Å². The molecule has 19 heavy (non-hydrogen) atoms. The van der Waals surface area contributed by atoms with E-state index in [0.29, 0.717) is 12.4 Å². The molecule has 2 aromatic rings. The lowest BCUT2D eigenvalue weighted by atomic mass is 10.3. The van der Waals surface area contributed by atoms with Gasteiger partial charge < -0.3 is 10.1 Å². The van der Waals surface area contributed by atoms with Gasteiger partial charge in [0.25, 0.3) is 0 Å². The van der Waals surface area contributed by atoms with E-state index in [1.54, 1.807) is 11.3 Å². The molecule has 2 rings (SSSR count). The molecular weight excluding hydrogens is 266 g/mol. The van der Waals surface area contributed by atoms with Crippen molar-refractivity contribution in [3.05, 3.63) is 44.1 Å². The van der Waals surface area contributed by atoms with Crippen molar-refractivity contribution in [3.8, 4) is 5.88 Å². The van der Waals surface area contributed by atoms with Crippen LogP contribution in [0.3, 0.4) is 0 Å². The number of hydrogen-bond donors (Lipinski definition) is 1. The summed E-state index contributed by atoms with van der Waals surface area (Å²) in [4.78, 5) is 15.7. The Labute approximate surface area is 114 Å². The molecule has 0 saturated heterocycles. The summed E-state index contributed by atoms with van der Waals surface area (Å²) in [5.74, 6) is 0.563. The molecule has 0 bridgehead atoms. The maximum absolute atomic E-state index is 10.9. The van der Waals surface area contributed by atoms with Gasteiger partial charge in [0, 0.05) is 17.0 Å².